The number of nitrogens with zero attached hydrogens (tertiary/aromatic N) is 1. The summed E-state index contributed by atoms with van der Waals surface area (Å²) >= 11 is 0. The Kier molecular flexibility index (Phi) is 4.79. The first-order valence-corrected chi connectivity index (χ1v) is 8.08. The Morgan fingerprint density at radius 2 is 1.77 bits per heavy atom. The molecule has 0 bridgehead atoms. The Hall–Kier alpha value is -3.48. The molecule has 7 heteroatoms. The number of hydrogen-bond acceptors (Lipinski definition) is 4. The van der Waals surface area contributed by atoms with Gasteiger partial charge in [-0.05, 0) is 31.2 Å². The highest BCUT2D eigenvalue weighted by atomic mass is 16.2. The monoisotopic (exact) mass is 351 g/mol. The first-order valence-electron chi connectivity index (χ1n) is 8.08. The molecule has 26 heavy (non-hydrogen) atoms. The Balaban J connectivity index is 1.74. The summed E-state index contributed by atoms with van der Waals surface area (Å²) < 4.78 is 1.14. The number of benzene rings is 2. The first-order chi connectivity index (χ1) is 12.5. The minimum absolute atomic E-state index is 0.00150. The second-order valence-corrected chi connectivity index (χ2v) is 5.88. The fraction of sp³-hybridized carbons (Fsp3) is 0.158. The van der Waals surface area contributed by atoms with Crippen molar-refractivity contribution < 1.29 is 9.59 Å². The number of anilines is 1. The number of hydrogen-bond donors (Lipinski definition) is 2. The molecule has 0 spiro atoms. The lowest BCUT2D eigenvalue weighted by molar-refractivity contribution is -0.116. The van der Waals surface area contributed by atoms with Gasteiger partial charge in [0.2, 0.25) is 5.91 Å². The lowest BCUT2D eigenvalue weighted by atomic mass is 10.1. The number of H-pyrrole nitrogens is 1. The van der Waals surface area contributed by atoms with E-state index in [9.17, 15) is 19.2 Å². The molecule has 0 fully saturated rings. The first kappa shape index (κ1) is 17.3. The average Bonchev–Trinajstić information content (AvgIpc) is 2.64. The van der Waals surface area contributed by atoms with Crippen molar-refractivity contribution in [1.29, 1.82) is 0 Å². The average molecular weight is 351 g/mol. The lowest BCUT2D eigenvalue weighted by Gasteiger charge is -2.08. The molecule has 3 aromatic rings. The largest absolute Gasteiger partial charge is 0.326 e. The molecule has 7 nitrogen and oxygen atoms in total. The Bertz CT molecular complexity index is 1110. The lowest BCUT2D eigenvalue weighted by Crippen LogP contribution is -2.31. The number of ketones is 1. The van der Waals surface area contributed by atoms with Gasteiger partial charge in [-0.25, -0.2) is 4.68 Å². The van der Waals surface area contributed by atoms with Crippen molar-refractivity contribution in [1.82, 2.24) is 9.78 Å². The number of rotatable bonds is 5. The highest BCUT2D eigenvalue weighted by Crippen LogP contribution is 2.11. The molecule has 0 aliphatic carbocycles. The number of carbonyl (C=O) groups excluding carboxylic acids is 2. The molecule has 0 aliphatic rings. The van der Waals surface area contributed by atoms with Gasteiger partial charge >= 0.3 is 0 Å². The number of aromatic amines is 1. The maximum atomic E-state index is 12.4. The van der Waals surface area contributed by atoms with E-state index in [1.54, 1.807) is 48.5 Å². The van der Waals surface area contributed by atoms with E-state index in [1.165, 1.54) is 6.92 Å². The highest BCUT2D eigenvalue weighted by molar-refractivity contribution is 5.97. The van der Waals surface area contributed by atoms with Crippen molar-refractivity contribution in [2.45, 2.75) is 19.9 Å². The molecule has 0 radical (unpaired) electrons. The van der Waals surface area contributed by atoms with Crippen LogP contribution in [0.25, 0.3) is 10.8 Å². The summed E-state index contributed by atoms with van der Waals surface area (Å²) in [5.41, 5.74) is 0.265. The topological polar surface area (TPSA) is 101 Å². The number of amides is 1. The number of Topliss-reactive ketones (excluding diaryl/α,β-unsaturated/α-hetero) is 1. The summed E-state index contributed by atoms with van der Waals surface area (Å²) in [5.74, 6) is -0.423. The van der Waals surface area contributed by atoms with Gasteiger partial charge in [0.15, 0.2) is 5.78 Å². The Morgan fingerprint density at radius 1 is 1.04 bits per heavy atom. The molecule has 3 rings (SSSR count). The predicted molar refractivity (Wildman–Crippen MR) is 98.5 cm³/mol. The van der Waals surface area contributed by atoms with Crippen LogP contribution in [0.15, 0.2) is 58.1 Å². The van der Waals surface area contributed by atoms with Gasteiger partial charge in [0.05, 0.1) is 17.3 Å². The normalized spacial score (nSPS) is 10.7. The number of aromatic nitrogens is 2. The van der Waals surface area contributed by atoms with Crippen LogP contribution in [0.4, 0.5) is 5.69 Å². The van der Waals surface area contributed by atoms with Crippen LogP contribution in [0.3, 0.4) is 0 Å². The van der Waals surface area contributed by atoms with Crippen LogP contribution in [-0.2, 0) is 11.3 Å². The molecule has 1 amide bonds. The van der Waals surface area contributed by atoms with E-state index in [-0.39, 0.29) is 35.8 Å². The SMILES string of the molecule is CC(=O)c1cccc(NC(=O)CCn2[nH]c(=O)c3ccccc3c2=O)c1. The molecular formula is C19H17N3O4. The maximum Gasteiger partial charge on any atom is 0.273 e. The standard InChI is InChI=1S/C19H17N3O4/c1-12(23)13-5-4-6-14(11-13)20-17(24)9-10-22-19(26)16-8-3-2-7-15(16)18(25)21-22/h2-8,11H,9-10H2,1H3,(H,20,24)(H,21,25). The second kappa shape index (κ2) is 7.18. The summed E-state index contributed by atoms with van der Waals surface area (Å²) in [6.07, 6.45) is -0.00150. The van der Waals surface area contributed by atoms with Gasteiger partial charge in [0, 0.05) is 17.7 Å². The molecule has 1 heterocycles. The van der Waals surface area contributed by atoms with E-state index < -0.39 is 0 Å². The van der Waals surface area contributed by atoms with Gasteiger partial charge in [0.1, 0.15) is 0 Å². The van der Waals surface area contributed by atoms with E-state index in [0.717, 1.165) is 4.68 Å². The highest BCUT2D eigenvalue weighted by Gasteiger charge is 2.09. The number of fused-ring (bicyclic) bond motifs is 1. The van der Waals surface area contributed by atoms with E-state index in [4.69, 9.17) is 0 Å². The Morgan fingerprint density at radius 3 is 2.50 bits per heavy atom. The van der Waals surface area contributed by atoms with Crippen molar-refractivity contribution in [2.24, 2.45) is 0 Å². The molecule has 0 saturated heterocycles. The molecule has 0 saturated carbocycles. The van der Waals surface area contributed by atoms with Crippen molar-refractivity contribution >= 4 is 28.2 Å². The van der Waals surface area contributed by atoms with Crippen LogP contribution < -0.4 is 16.4 Å². The molecule has 2 N–H and O–H groups in total. The molecule has 0 unspecified atom stereocenters. The third-order valence-electron chi connectivity index (χ3n) is 4.00. The third-order valence-corrected chi connectivity index (χ3v) is 4.00. The summed E-state index contributed by atoms with van der Waals surface area (Å²) in [4.78, 5) is 47.9. The Labute approximate surface area is 148 Å². The minimum atomic E-state index is -0.380. The van der Waals surface area contributed by atoms with Crippen molar-refractivity contribution in [3.8, 4) is 0 Å². The van der Waals surface area contributed by atoms with Crippen molar-refractivity contribution in [2.75, 3.05) is 5.32 Å². The summed E-state index contributed by atoms with van der Waals surface area (Å²) in [5, 5.41) is 5.80. The second-order valence-electron chi connectivity index (χ2n) is 5.88. The summed E-state index contributed by atoms with van der Waals surface area (Å²) in [6.45, 7) is 1.49. The van der Waals surface area contributed by atoms with Crippen LogP contribution in [-0.4, -0.2) is 21.5 Å². The van der Waals surface area contributed by atoms with Crippen LogP contribution in [0.5, 0.6) is 0 Å². The fourth-order valence-corrected chi connectivity index (χ4v) is 2.66. The summed E-state index contributed by atoms with van der Waals surface area (Å²) in [6, 6.07) is 13.1. The van der Waals surface area contributed by atoms with E-state index in [2.05, 4.69) is 10.4 Å². The zero-order valence-corrected chi connectivity index (χ0v) is 14.1. The smallest absolute Gasteiger partial charge is 0.273 e. The molecular weight excluding hydrogens is 334 g/mol. The van der Waals surface area contributed by atoms with Crippen LogP contribution in [0, 0.1) is 0 Å². The zero-order valence-electron chi connectivity index (χ0n) is 14.1. The number of aryl methyl sites for hydroxylation is 1. The van der Waals surface area contributed by atoms with Gasteiger partial charge in [-0.1, -0.05) is 24.3 Å². The maximum absolute atomic E-state index is 12.4. The quantitative estimate of drug-likeness (QED) is 0.686. The number of carbonyl (C=O) groups is 2. The van der Waals surface area contributed by atoms with E-state index in [1.807, 2.05) is 0 Å². The van der Waals surface area contributed by atoms with Gasteiger partial charge in [-0.2, -0.15) is 0 Å². The third kappa shape index (κ3) is 3.61. The zero-order chi connectivity index (χ0) is 18.7. The molecule has 0 aliphatic heterocycles. The van der Waals surface area contributed by atoms with Gasteiger partial charge in [-0.3, -0.25) is 24.3 Å². The van der Waals surface area contributed by atoms with Crippen LogP contribution >= 0.6 is 0 Å². The molecule has 1 aromatic heterocycles. The minimum Gasteiger partial charge on any atom is -0.326 e. The van der Waals surface area contributed by atoms with E-state index >= 15 is 0 Å². The predicted octanol–water partition coefficient (Wildman–Crippen LogP) is 1.92. The van der Waals surface area contributed by atoms with Gasteiger partial charge in [-0.15, -0.1) is 0 Å². The molecule has 132 valence electrons. The van der Waals surface area contributed by atoms with Gasteiger partial charge < -0.3 is 5.32 Å². The van der Waals surface area contributed by atoms with Crippen molar-refractivity contribution in [3.05, 3.63) is 74.8 Å². The van der Waals surface area contributed by atoms with Gasteiger partial charge in [0.25, 0.3) is 11.1 Å². The van der Waals surface area contributed by atoms with E-state index in [0.29, 0.717) is 22.0 Å². The van der Waals surface area contributed by atoms with Crippen molar-refractivity contribution in [3.63, 3.8) is 0 Å². The van der Waals surface area contributed by atoms with Crippen LogP contribution in [0.1, 0.15) is 23.7 Å². The fourth-order valence-electron chi connectivity index (χ4n) is 2.66. The summed E-state index contributed by atoms with van der Waals surface area (Å²) in [7, 11) is 0. The molecule has 2 aromatic carbocycles. The van der Waals surface area contributed by atoms with Crippen LogP contribution in [0.2, 0.25) is 0 Å². The number of nitrogens with one attached hydrogen (secondary N) is 2. The molecule has 0 atom stereocenters.